The summed E-state index contributed by atoms with van der Waals surface area (Å²) < 4.78 is 0. The molecule has 1 aromatic heterocycles. The molecule has 1 saturated carbocycles. The Bertz CT molecular complexity index is 1380. The van der Waals surface area contributed by atoms with Crippen LogP contribution in [-0.2, 0) is 11.2 Å². The summed E-state index contributed by atoms with van der Waals surface area (Å²) in [7, 11) is 0. The average molecular weight is 553 g/mol. The summed E-state index contributed by atoms with van der Waals surface area (Å²) in [5.41, 5.74) is 7.11. The van der Waals surface area contributed by atoms with Crippen molar-refractivity contribution >= 4 is 46.6 Å². The molecule has 0 amide bonds. The second-order valence-electron chi connectivity index (χ2n) is 11.7. The second kappa shape index (κ2) is 13.0. The molecule has 1 aromatic carbocycles. The van der Waals surface area contributed by atoms with E-state index in [1.165, 1.54) is 31.3 Å². The Morgan fingerprint density at radius 1 is 1.18 bits per heavy atom. The number of hydrogen-bond donors (Lipinski definition) is 1. The SMILES string of the molecule is C=Cc1ccc(C2=CC(C)C=CCC2)nc1Nc1cc(Cl)c2c(c1)C=C(C(=O)CCC1CCCC(C=C)C1)CC2. The summed E-state index contributed by atoms with van der Waals surface area (Å²) in [6, 6.07) is 8.22. The zero-order valence-electron chi connectivity index (χ0n) is 23.7. The Balaban J connectivity index is 1.34. The van der Waals surface area contributed by atoms with Gasteiger partial charge in [-0.1, -0.05) is 68.3 Å². The van der Waals surface area contributed by atoms with Crippen molar-refractivity contribution in [2.24, 2.45) is 17.8 Å². The topological polar surface area (TPSA) is 42.0 Å². The largest absolute Gasteiger partial charge is 0.340 e. The van der Waals surface area contributed by atoms with Crippen LogP contribution in [0.3, 0.4) is 0 Å². The third-order valence-corrected chi connectivity index (χ3v) is 9.06. The number of ketones is 1. The minimum Gasteiger partial charge on any atom is -0.340 e. The smallest absolute Gasteiger partial charge is 0.158 e. The molecule has 5 rings (SSSR count). The Kier molecular flexibility index (Phi) is 9.22. The van der Waals surface area contributed by atoms with Gasteiger partial charge in [0, 0.05) is 22.7 Å². The second-order valence-corrected chi connectivity index (χ2v) is 12.1. The molecule has 3 aliphatic carbocycles. The highest BCUT2D eigenvalue weighted by molar-refractivity contribution is 6.32. The van der Waals surface area contributed by atoms with Crippen LogP contribution in [-0.4, -0.2) is 10.8 Å². The lowest BCUT2D eigenvalue weighted by atomic mass is 9.78. The van der Waals surface area contributed by atoms with Gasteiger partial charge in [0.15, 0.2) is 5.78 Å². The number of allylic oxidation sites excluding steroid dienone is 6. The van der Waals surface area contributed by atoms with Gasteiger partial charge in [-0.3, -0.25) is 4.79 Å². The predicted molar refractivity (Wildman–Crippen MR) is 171 cm³/mol. The van der Waals surface area contributed by atoms with Crippen LogP contribution in [0.15, 0.2) is 67.3 Å². The van der Waals surface area contributed by atoms with Gasteiger partial charge >= 0.3 is 0 Å². The van der Waals surface area contributed by atoms with Crippen molar-refractivity contribution in [3.63, 3.8) is 0 Å². The highest BCUT2D eigenvalue weighted by Crippen LogP contribution is 2.37. The van der Waals surface area contributed by atoms with E-state index >= 15 is 0 Å². The van der Waals surface area contributed by atoms with Crippen molar-refractivity contribution in [1.29, 1.82) is 0 Å². The summed E-state index contributed by atoms with van der Waals surface area (Å²) in [5, 5.41) is 4.24. The molecule has 4 heteroatoms. The van der Waals surface area contributed by atoms with E-state index in [-0.39, 0.29) is 5.78 Å². The van der Waals surface area contributed by atoms with Crippen molar-refractivity contribution in [3.8, 4) is 0 Å². The van der Waals surface area contributed by atoms with Crippen LogP contribution in [0.4, 0.5) is 11.5 Å². The third-order valence-electron chi connectivity index (χ3n) is 8.72. The lowest BCUT2D eigenvalue weighted by Crippen LogP contribution is -2.16. The van der Waals surface area contributed by atoms with Gasteiger partial charge in [-0.15, -0.1) is 6.58 Å². The molecule has 3 atom stereocenters. The predicted octanol–water partition coefficient (Wildman–Crippen LogP) is 10.2. The minimum atomic E-state index is 0.282. The zero-order chi connectivity index (χ0) is 28.1. The summed E-state index contributed by atoms with van der Waals surface area (Å²) >= 11 is 6.77. The van der Waals surface area contributed by atoms with Crippen molar-refractivity contribution in [1.82, 2.24) is 4.98 Å². The molecule has 1 N–H and O–H groups in total. The minimum absolute atomic E-state index is 0.282. The molecule has 3 aliphatic rings. The maximum absolute atomic E-state index is 13.2. The van der Waals surface area contributed by atoms with Gasteiger partial charge in [0.1, 0.15) is 5.82 Å². The third kappa shape index (κ3) is 6.75. The fourth-order valence-corrected chi connectivity index (χ4v) is 6.76. The van der Waals surface area contributed by atoms with Crippen LogP contribution >= 0.6 is 11.6 Å². The van der Waals surface area contributed by atoms with Crippen LogP contribution in [0.2, 0.25) is 5.02 Å². The molecule has 0 aliphatic heterocycles. The van der Waals surface area contributed by atoms with E-state index in [4.69, 9.17) is 16.6 Å². The number of nitrogens with zero attached hydrogens (tertiary/aromatic N) is 1. The number of nitrogens with one attached hydrogen (secondary N) is 1. The zero-order valence-corrected chi connectivity index (χ0v) is 24.5. The van der Waals surface area contributed by atoms with Crippen LogP contribution < -0.4 is 5.32 Å². The first-order chi connectivity index (χ1) is 19.4. The molecule has 0 saturated heterocycles. The Morgan fingerprint density at radius 2 is 2.05 bits per heavy atom. The lowest BCUT2D eigenvalue weighted by molar-refractivity contribution is -0.116. The summed E-state index contributed by atoms with van der Waals surface area (Å²) in [6.07, 6.45) is 22.8. The summed E-state index contributed by atoms with van der Waals surface area (Å²) in [5.74, 6) is 2.69. The number of carbonyl (C=O) groups excluding carboxylic acids is 1. The van der Waals surface area contributed by atoms with Gasteiger partial charge < -0.3 is 5.32 Å². The number of anilines is 2. The highest BCUT2D eigenvalue weighted by atomic mass is 35.5. The molecular weight excluding hydrogens is 512 g/mol. The molecule has 40 heavy (non-hydrogen) atoms. The van der Waals surface area contributed by atoms with Gasteiger partial charge in [0.2, 0.25) is 0 Å². The average Bonchev–Trinajstić information content (AvgIpc) is 3.20. The number of carbonyl (C=O) groups is 1. The van der Waals surface area contributed by atoms with Crippen LogP contribution in [0.1, 0.15) is 87.1 Å². The fraction of sp³-hybridized carbons (Fsp3) is 0.389. The lowest BCUT2D eigenvalue weighted by Gasteiger charge is -2.27. The van der Waals surface area contributed by atoms with E-state index in [0.717, 1.165) is 76.6 Å². The first-order valence-corrected chi connectivity index (χ1v) is 15.3. The molecule has 1 heterocycles. The number of fused-ring (bicyclic) bond motifs is 1. The van der Waals surface area contributed by atoms with Crippen molar-refractivity contribution in [2.45, 2.75) is 71.1 Å². The Morgan fingerprint density at radius 3 is 2.88 bits per heavy atom. The van der Waals surface area contributed by atoms with E-state index in [2.05, 4.69) is 74.0 Å². The first-order valence-electron chi connectivity index (χ1n) is 14.9. The molecular formula is C36H41ClN2O. The van der Waals surface area contributed by atoms with E-state index < -0.39 is 0 Å². The van der Waals surface area contributed by atoms with E-state index in [0.29, 0.717) is 24.2 Å². The van der Waals surface area contributed by atoms with E-state index in [1.807, 2.05) is 12.1 Å². The molecule has 208 valence electrons. The number of hydrogen-bond acceptors (Lipinski definition) is 3. The normalized spacial score (nSPS) is 22.4. The Hall–Kier alpha value is -3.17. The maximum Gasteiger partial charge on any atom is 0.158 e. The fourth-order valence-electron chi connectivity index (χ4n) is 6.44. The number of benzene rings is 1. The maximum atomic E-state index is 13.2. The van der Waals surface area contributed by atoms with Crippen molar-refractivity contribution in [3.05, 3.63) is 94.7 Å². The molecule has 2 aromatic rings. The van der Waals surface area contributed by atoms with E-state index in [9.17, 15) is 4.79 Å². The molecule has 0 spiro atoms. The number of pyridine rings is 1. The molecule has 3 nitrogen and oxygen atoms in total. The summed E-state index contributed by atoms with van der Waals surface area (Å²) in [4.78, 5) is 18.2. The summed E-state index contributed by atoms with van der Waals surface area (Å²) in [6.45, 7) is 10.2. The number of aromatic nitrogens is 1. The molecule has 3 unspecified atom stereocenters. The quantitative estimate of drug-likeness (QED) is 0.314. The monoisotopic (exact) mass is 552 g/mol. The van der Waals surface area contributed by atoms with Gasteiger partial charge in [-0.05, 0) is 115 Å². The standard InChI is InChI=1S/C36H41ClN2O/c1-4-25-10-8-11-26(20-25)13-18-35(40)29-14-16-32-30(21-29)22-31(23-33(32)37)38-36-27(5-2)15-17-34(39-36)28-12-7-6-9-24(3)19-28/h4-6,9,15,17,19,21-26H,1-2,7-8,10-14,16,18,20H2,3H3,(H,38,39). The van der Waals surface area contributed by atoms with Gasteiger partial charge in [-0.25, -0.2) is 4.98 Å². The van der Waals surface area contributed by atoms with Crippen LogP contribution in [0.25, 0.3) is 17.7 Å². The van der Waals surface area contributed by atoms with Gasteiger partial charge in [0.25, 0.3) is 0 Å². The molecule has 0 bridgehead atoms. The van der Waals surface area contributed by atoms with Crippen molar-refractivity contribution < 1.29 is 4.79 Å². The van der Waals surface area contributed by atoms with E-state index in [1.54, 1.807) is 0 Å². The first kappa shape index (κ1) is 28.4. The van der Waals surface area contributed by atoms with Gasteiger partial charge in [-0.2, -0.15) is 0 Å². The van der Waals surface area contributed by atoms with Crippen molar-refractivity contribution in [2.75, 3.05) is 5.32 Å². The van der Waals surface area contributed by atoms with Gasteiger partial charge in [0.05, 0.1) is 5.69 Å². The van der Waals surface area contributed by atoms with Crippen LogP contribution in [0.5, 0.6) is 0 Å². The molecule has 0 radical (unpaired) electrons. The number of halogens is 1. The molecule has 1 fully saturated rings. The Labute approximate surface area is 244 Å². The highest BCUT2D eigenvalue weighted by Gasteiger charge is 2.23. The number of rotatable bonds is 9. The number of Topliss-reactive ketones (excluding diaryl/α,β-unsaturated/α-hetero) is 1. The van der Waals surface area contributed by atoms with Crippen LogP contribution in [0, 0.1) is 17.8 Å².